The largest absolute Gasteiger partial charge is 0.390 e. The Morgan fingerprint density at radius 1 is 1.29 bits per heavy atom. The van der Waals surface area contributed by atoms with Crippen LogP contribution in [0.4, 0.5) is 0 Å². The van der Waals surface area contributed by atoms with Crippen LogP contribution in [0.25, 0.3) is 0 Å². The van der Waals surface area contributed by atoms with Crippen LogP contribution in [0.5, 0.6) is 0 Å². The van der Waals surface area contributed by atoms with Gasteiger partial charge in [-0.1, -0.05) is 6.07 Å². The minimum Gasteiger partial charge on any atom is -0.390 e. The van der Waals surface area contributed by atoms with Gasteiger partial charge in [0.2, 0.25) is 0 Å². The molecule has 1 fully saturated rings. The van der Waals surface area contributed by atoms with Gasteiger partial charge in [-0.05, 0) is 53.0 Å². The lowest BCUT2D eigenvalue weighted by atomic mass is 9.84. The van der Waals surface area contributed by atoms with Crippen molar-refractivity contribution in [1.29, 1.82) is 0 Å². The Kier molecular flexibility index (Phi) is 4.84. The fourth-order valence-electron chi connectivity index (χ4n) is 3.31. The van der Waals surface area contributed by atoms with Crippen molar-refractivity contribution in [2.75, 3.05) is 6.54 Å². The first kappa shape index (κ1) is 16.9. The predicted octanol–water partition coefficient (Wildman–Crippen LogP) is 3.52. The predicted molar refractivity (Wildman–Crippen MR) is 88.6 cm³/mol. The number of rotatable bonds is 5. The first-order valence-corrected chi connectivity index (χ1v) is 8.66. The van der Waals surface area contributed by atoms with Gasteiger partial charge in [-0.25, -0.2) is 0 Å². The van der Waals surface area contributed by atoms with Crippen molar-refractivity contribution in [1.82, 2.24) is 4.90 Å². The number of ether oxygens (including phenoxy) is 1. The highest BCUT2D eigenvalue weighted by Gasteiger charge is 2.53. The van der Waals surface area contributed by atoms with Crippen LogP contribution in [-0.4, -0.2) is 39.9 Å². The molecule has 1 N–H and O–H groups in total. The molecule has 1 aromatic heterocycles. The second-order valence-electron chi connectivity index (χ2n) is 7.46. The highest BCUT2D eigenvalue weighted by Crippen LogP contribution is 2.42. The molecule has 2 heterocycles. The molecule has 120 valence electrons. The van der Waals surface area contributed by atoms with Crippen molar-refractivity contribution in [2.45, 2.75) is 71.4 Å². The summed E-state index contributed by atoms with van der Waals surface area (Å²) < 4.78 is 6.10. The maximum Gasteiger partial charge on any atom is 0.0896 e. The molecule has 1 saturated heterocycles. The lowest BCUT2D eigenvalue weighted by Gasteiger charge is -2.34. The van der Waals surface area contributed by atoms with Gasteiger partial charge < -0.3 is 9.84 Å². The van der Waals surface area contributed by atoms with E-state index in [-0.39, 0.29) is 11.5 Å². The second-order valence-corrected chi connectivity index (χ2v) is 8.50. The Hall–Kier alpha value is -0.420. The van der Waals surface area contributed by atoms with Crippen molar-refractivity contribution < 1.29 is 9.84 Å². The molecule has 21 heavy (non-hydrogen) atoms. The molecule has 2 rings (SSSR count). The van der Waals surface area contributed by atoms with E-state index >= 15 is 0 Å². The molecule has 4 heteroatoms. The fourth-order valence-corrected chi connectivity index (χ4v) is 4.04. The number of thiophene rings is 1. The Balaban J connectivity index is 2.13. The molecule has 3 nitrogen and oxygen atoms in total. The summed E-state index contributed by atoms with van der Waals surface area (Å²) in [5.74, 6) is 0.120. The number of aliphatic hydroxyl groups excluding tert-OH is 1. The zero-order chi connectivity index (χ0) is 15.8. The lowest BCUT2D eigenvalue weighted by Crippen LogP contribution is -2.45. The SMILES string of the molecule is CC(C)N(Cc1cccs1)CC1C(O)C(C)(C)OC1(C)C. The first-order chi connectivity index (χ1) is 9.63. The Bertz CT molecular complexity index is 453. The van der Waals surface area contributed by atoms with E-state index in [9.17, 15) is 5.11 Å². The van der Waals surface area contributed by atoms with Gasteiger partial charge in [0.1, 0.15) is 0 Å². The van der Waals surface area contributed by atoms with Crippen molar-refractivity contribution in [3.8, 4) is 0 Å². The van der Waals surface area contributed by atoms with E-state index < -0.39 is 11.7 Å². The molecule has 0 aromatic carbocycles. The fraction of sp³-hybridized carbons (Fsp3) is 0.765. The van der Waals surface area contributed by atoms with Gasteiger partial charge in [-0.15, -0.1) is 11.3 Å². The number of hydrogen-bond donors (Lipinski definition) is 1. The number of nitrogens with zero attached hydrogens (tertiary/aromatic N) is 1. The maximum atomic E-state index is 10.7. The molecular weight excluding hydrogens is 282 g/mol. The van der Waals surface area contributed by atoms with Crippen LogP contribution in [-0.2, 0) is 11.3 Å². The van der Waals surface area contributed by atoms with E-state index in [0.29, 0.717) is 6.04 Å². The monoisotopic (exact) mass is 311 g/mol. The van der Waals surface area contributed by atoms with Crippen LogP contribution >= 0.6 is 11.3 Å². The highest BCUT2D eigenvalue weighted by molar-refractivity contribution is 7.09. The van der Waals surface area contributed by atoms with Crippen molar-refractivity contribution >= 4 is 11.3 Å². The summed E-state index contributed by atoms with van der Waals surface area (Å²) in [6.45, 7) is 14.4. The maximum absolute atomic E-state index is 10.7. The zero-order valence-corrected chi connectivity index (χ0v) is 14.9. The molecule has 0 spiro atoms. The van der Waals surface area contributed by atoms with Gasteiger partial charge in [0.15, 0.2) is 0 Å². The van der Waals surface area contributed by atoms with E-state index in [1.807, 2.05) is 13.8 Å². The van der Waals surface area contributed by atoms with Crippen LogP contribution in [0.1, 0.15) is 46.4 Å². The Labute approximate surface area is 132 Å². The molecule has 1 aromatic rings. The minimum atomic E-state index is -0.472. The summed E-state index contributed by atoms with van der Waals surface area (Å²) in [6.07, 6.45) is -0.433. The molecule has 0 bridgehead atoms. The topological polar surface area (TPSA) is 32.7 Å². The van der Waals surface area contributed by atoms with Gasteiger partial charge in [-0.3, -0.25) is 4.90 Å². The van der Waals surface area contributed by atoms with Gasteiger partial charge in [-0.2, -0.15) is 0 Å². The minimum absolute atomic E-state index is 0.120. The molecule has 2 atom stereocenters. The van der Waals surface area contributed by atoms with Crippen LogP contribution in [0.3, 0.4) is 0 Å². The summed E-state index contributed by atoms with van der Waals surface area (Å²) in [5.41, 5.74) is -0.773. The van der Waals surface area contributed by atoms with Crippen LogP contribution in [0.15, 0.2) is 17.5 Å². The highest BCUT2D eigenvalue weighted by atomic mass is 32.1. The molecule has 0 radical (unpaired) electrons. The number of aliphatic hydroxyl groups is 1. The van der Waals surface area contributed by atoms with Gasteiger partial charge in [0.25, 0.3) is 0 Å². The van der Waals surface area contributed by atoms with E-state index in [2.05, 4.69) is 50.1 Å². The molecule has 0 amide bonds. The van der Waals surface area contributed by atoms with E-state index in [1.54, 1.807) is 11.3 Å². The van der Waals surface area contributed by atoms with E-state index in [0.717, 1.165) is 13.1 Å². The zero-order valence-electron chi connectivity index (χ0n) is 14.1. The van der Waals surface area contributed by atoms with Crippen molar-refractivity contribution in [3.63, 3.8) is 0 Å². The second kappa shape index (κ2) is 5.99. The molecule has 1 aliphatic heterocycles. The van der Waals surface area contributed by atoms with E-state index in [1.165, 1.54) is 4.88 Å². The summed E-state index contributed by atoms with van der Waals surface area (Å²) in [6, 6.07) is 4.72. The van der Waals surface area contributed by atoms with Crippen LogP contribution in [0, 0.1) is 5.92 Å². The Morgan fingerprint density at radius 3 is 2.38 bits per heavy atom. The first-order valence-electron chi connectivity index (χ1n) is 7.78. The quantitative estimate of drug-likeness (QED) is 0.903. The Morgan fingerprint density at radius 2 is 1.95 bits per heavy atom. The van der Waals surface area contributed by atoms with Gasteiger partial charge in [0, 0.05) is 29.9 Å². The smallest absolute Gasteiger partial charge is 0.0896 e. The van der Waals surface area contributed by atoms with Crippen LogP contribution < -0.4 is 0 Å². The summed E-state index contributed by atoms with van der Waals surface area (Å²) in [5, 5.41) is 12.8. The standard InChI is InChI=1S/C17H29NO2S/c1-12(2)18(10-13-8-7-9-21-13)11-14-15(19)17(5,6)20-16(14,3)4/h7-9,12,14-15,19H,10-11H2,1-6H3. The van der Waals surface area contributed by atoms with E-state index in [4.69, 9.17) is 4.74 Å². The average Bonchev–Trinajstić information content (AvgIpc) is 2.88. The third-order valence-electron chi connectivity index (χ3n) is 4.61. The summed E-state index contributed by atoms with van der Waals surface area (Å²) in [4.78, 5) is 3.81. The van der Waals surface area contributed by atoms with Crippen molar-refractivity contribution in [2.24, 2.45) is 5.92 Å². The molecule has 1 aliphatic rings. The molecule has 0 aliphatic carbocycles. The average molecular weight is 311 g/mol. The molecule has 0 saturated carbocycles. The lowest BCUT2D eigenvalue weighted by molar-refractivity contribution is -0.0915. The summed E-state index contributed by atoms with van der Waals surface area (Å²) >= 11 is 1.79. The van der Waals surface area contributed by atoms with Crippen LogP contribution in [0.2, 0.25) is 0 Å². The number of hydrogen-bond acceptors (Lipinski definition) is 4. The van der Waals surface area contributed by atoms with Crippen molar-refractivity contribution in [3.05, 3.63) is 22.4 Å². The van der Waals surface area contributed by atoms with Gasteiger partial charge in [0.05, 0.1) is 17.3 Å². The summed E-state index contributed by atoms with van der Waals surface area (Å²) in [7, 11) is 0. The third kappa shape index (κ3) is 3.67. The molecule has 2 unspecified atom stereocenters. The molecular formula is C17H29NO2S. The normalized spacial score (nSPS) is 27.7. The van der Waals surface area contributed by atoms with Gasteiger partial charge >= 0.3 is 0 Å². The third-order valence-corrected chi connectivity index (χ3v) is 5.47.